The number of sulfonamides is 1. The number of benzene rings is 2. The number of nitrogens with zero attached hydrogens (tertiary/aromatic N) is 1. The van der Waals surface area contributed by atoms with E-state index in [4.69, 9.17) is 0 Å². The molecule has 1 N–H and O–H groups in total. The van der Waals surface area contributed by atoms with Crippen LogP contribution in [-0.4, -0.2) is 52.7 Å². The number of carbonyl (C=O) groups is 2. The largest absolute Gasteiger partial charge is 0.324 e. The van der Waals surface area contributed by atoms with Crippen molar-refractivity contribution in [1.82, 2.24) is 4.31 Å². The number of para-hydroxylation sites is 1. The monoisotopic (exact) mass is 424 g/mol. The SMILES string of the molecule is CC(=O)c1ccc(S(=O)(=O)N(C)CC(=O)Nc2ccccc2S(C)(=O)=O)cc1. The Hall–Kier alpha value is -2.56. The molecule has 8 nitrogen and oxygen atoms in total. The van der Waals surface area contributed by atoms with E-state index in [9.17, 15) is 26.4 Å². The zero-order valence-electron chi connectivity index (χ0n) is 15.5. The van der Waals surface area contributed by atoms with Crippen LogP contribution >= 0.6 is 0 Å². The fourth-order valence-electron chi connectivity index (χ4n) is 2.41. The molecular weight excluding hydrogens is 404 g/mol. The van der Waals surface area contributed by atoms with Gasteiger partial charge < -0.3 is 5.32 Å². The Balaban J connectivity index is 2.17. The standard InChI is InChI=1S/C18H20N2O6S2/c1-13(21)14-8-10-15(11-9-14)28(25,26)20(2)12-18(22)19-16-6-4-5-7-17(16)27(3,23)24/h4-11H,12H2,1-3H3,(H,19,22). The van der Waals surface area contributed by atoms with Gasteiger partial charge >= 0.3 is 0 Å². The van der Waals surface area contributed by atoms with E-state index < -0.39 is 32.3 Å². The van der Waals surface area contributed by atoms with Crippen LogP contribution in [0, 0.1) is 0 Å². The van der Waals surface area contributed by atoms with Gasteiger partial charge in [0.25, 0.3) is 0 Å². The first-order chi connectivity index (χ1) is 12.9. The Morgan fingerprint density at radius 3 is 2.07 bits per heavy atom. The summed E-state index contributed by atoms with van der Waals surface area (Å²) in [6, 6.07) is 11.2. The molecule has 0 saturated carbocycles. The van der Waals surface area contributed by atoms with Gasteiger partial charge in [0.15, 0.2) is 15.6 Å². The Morgan fingerprint density at radius 1 is 0.964 bits per heavy atom. The summed E-state index contributed by atoms with van der Waals surface area (Å²) in [5.41, 5.74) is 0.448. The lowest BCUT2D eigenvalue weighted by Gasteiger charge is -2.17. The van der Waals surface area contributed by atoms with Gasteiger partial charge in [0.1, 0.15) is 0 Å². The lowest BCUT2D eigenvalue weighted by atomic mass is 10.2. The fraction of sp³-hybridized carbons (Fsp3) is 0.222. The van der Waals surface area contributed by atoms with Crippen LogP contribution in [0.3, 0.4) is 0 Å². The molecular formula is C18H20N2O6S2. The maximum absolute atomic E-state index is 12.6. The van der Waals surface area contributed by atoms with Crippen LogP contribution < -0.4 is 5.32 Å². The molecule has 0 aliphatic carbocycles. The lowest BCUT2D eigenvalue weighted by Crippen LogP contribution is -2.35. The minimum atomic E-state index is -3.96. The number of carbonyl (C=O) groups excluding carboxylic acids is 2. The number of rotatable bonds is 7. The molecule has 0 aromatic heterocycles. The van der Waals surface area contributed by atoms with Gasteiger partial charge in [0, 0.05) is 18.9 Å². The van der Waals surface area contributed by atoms with Gasteiger partial charge in [-0.1, -0.05) is 24.3 Å². The molecule has 0 saturated heterocycles. The van der Waals surface area contributed by atoms with Crippen LogP contribution in [0.4, 0.5) is 5.69 Å². The van der Waals surface area contributed by atoms with Gasteiger partial charge in [-0.25, -0.2) is 16.8 Å². The molecule has 0 atom stereocenters. The summed E-state index contributed by atoms with van der Waals surface area (Å²) in [6.07, 6.45) is 1.01. The van der Waals surface area contributed by atoms with E-state index in [-0.39, 0.29) is 21.3 Å². The molecule has 0 radical (unpaired) electrons. The van der Waals surface area contributed by atoms with Gasteiger partial charge in [-0.15, -0.1) is 0 Å². The fourth-order valence-corrected chi connectivity index (χ4v) is 4.38. The second-order valence-electron chi connectivity index (χ2n) is 6.16. The Morgan fingerprint density at radius 2 is 1.54 bits per heavy atom. The minimum absolute atomic E-state index is 0.0614. The number of sulfone groups is 1. The first-order valence-electron chi connectivity index (χ1n) is 8.09. The highest BCUT2D eigenvalue weighted by Crippen LogP contribution is 2.21. The van der Waals surface area contributed by atoms with E-state index in [1.165, 1.54) is 56.4 Å². The number of Topliss-reactive ketones (excluding diaryl/α,β-unsaturated/α-hetero) is 1. The van der Waals surface area contributed by atoms with Crippen molar-refractivity contribution in [2.75, 3.05) is 25.2 Å². The molecule has 150 valence electrons. The lowest BCUT2D eigenvalue weighted by molar-refractivity contribution is -0.116. The summed E-state index contributed by atoms with van der Waals surface area (Å²) in [7, 11) is -6.30. The third kappa shape index (κ3) is 5.03. The molecule has 2 aromatic carbocycles. The average molecular weight is 425 g/mol. The minimum Gasteiger partial charge on any atom is -0.324 e. The molecule has 0 unspecified atom stereocenters. The quantitative estimate of drug-likeness (QED) is 0.674. The molecule has 1 amide bonds. The van der Waals surface area contributed by atoms with E-state index in [2.05, 4.69) is 5.32 Å². The van der Waals surface area contributed by atoms with Gasteiger partial charge in [-0.05, 0) is 31.2 Å². The van der Waals surface area contributed by atoms with E-state index in [1.807, 2.05) is 0 Å². The van der Waals surface area contributed by atoms with Gasteiger partial charge in [-0.3, -0.25) is 9.59 Å². The summed E-state index contributed by atoms with van der Waals surface area (Å²) >= 11 is 0. The Bertz CT molecular complexity index is 1110. The molecule has 2 aromatic rings. The first-order valence-corrected chi connectivity index (χ1v) is 11.4. The van der Waals surface area contributed by atoms with E-state index in [0.717, 1.165) is 10.6 Å². The molecule has 0 heterocycles. The molecule has 10 heteroatoms. The van der Waals surface area contributed by atoms with Crippen molar-refractivity contribution in [3.63, 3.8) is 0 Å². The summed E-state index contributed by atoms with van der Waals surface area (Å²) in [6.45, 7) is 0.850. The van der Waals surface area contributed by atoms with Crippen molar-refractivity contribution >= 4 is 37.2 Å². The molecule has 0 bridgehead atoms. The molecule has 0 aliphatic heterocycles. The van der Waals surface area contributed by atoms with Crippen LogP contribution in [-0.2, 0) is 24.7 Å². The normalized spacial score (nSPS) is 12.0. The highest BCUT2D eigenvalue weighted by Gasteiger charge is 2.24. The number of likely N-dealkylation sites (N-methyl/N-ethyl adjacent to an activating group) is 1. The maximum atomic E-state index is 12.6. The van der Waals surface area contributed by atoms with E-state index in [1.54, 1.807) is 6.07 Å². The van der Waals surface area contributed by atoms with Crippen LogP contribution in [0.5, 0.6) is 0 Å². The third-order valence-corrected chi connectivity index (χ3v) is 6.87. The first kappa shape index (κ1) is 21.7. The highest BCUT2D eigenvalue weighted by atomic mass is 32.2. The average Bonchev–Trinajstić information content (AvgIpc) is 2.61. The van der Waals surface area contributed by atoms with Gasteiger partial charge in [0.2, 0.25) is 15.9 Å². The molecule has 0 fully saturated rings. The van der Waals surface area contributed by atoms with E-state index in [0.29, 0.717) is 5.56 Å². The van der Waals surface area contributed by atoms with Gasteiger partial charge in [0.05, 0.1) is 22.0 Å². The van der Waals surface area contributed by atoms with E-state index >= 15 is 0 Å². The van der Waals surface area contributed by atoms with Gasteiger partial charge in [-0.2, -0.15) is 4.31 Å². The predicted molar refractivity (Wildman–Crippen MR) is 104 cm³/mol. The molecule has 0 spiro atoms. The number of ketones is 1. The Labute approximate surface area is 164 Å². The second kappa shape index (κ2) is 8.21. The van der Waals surface area contributed by atoms with Crippen molar-refractivity contribution in [2.24, 2.45) is 0 Å². The summed E-state index contributed by atoms with van der Waals surface area (Å²) < 4.78 is 49.6. The number of nitrogens with one attached hydrogen (secondary N) is 1. The van der Waals surface area contributed by atoms with Crippen LogP contribution in [0.15, 0.2) is 58.3 Å². The molecule has 0 aliphatic rings. The summed E-state index contributed by atoms with van der Waals surface area (Å²) in [4.78, 5) is 23.4. The number of amides is 1. The Kier molecular flexibility index (Phi) is 6.37. The van der Waals surface area contributed by atoms with Crippen molar-refractivity contribution < 1.29 is 26.4 Å². The summed E-state index contributed by atoms with van der Waals surface area (Å²) in [5.74, 6) is -0.885. The maximum Gasteiger partial charge on any atom is 0.243 e. The van der Waals surface area contributed by atoms with Crippen LogP contribution in [0.25, 0.3) is 0 Å². The van der Waals surface area contributed by atoms with Crippen molar-refractivity contribution in [3.8, 4) is 0 Å². The molecule has 2 rings (SSSR count). The third-order valence-electron chi connectivity index (χ3n) is 3.90. The zero-order chi connectivity index (χ0) is 21.1. The van der Waals surface area contributed by atoms with Crippen molar-refractivity contribution in [3.05, 3.63) is 54.1 Å². The zero-order valence-corrected chi connectivity index (χ0v) is 17.2. The smallest absolute Gasteiger partial charge is 0.243 e. The topological polar surface area (TPSA) is 118 Å². The summed E-state index contributed by atoms with van der Waals surface area (Å²) in [5, 5.41) is 2.43. The number of hydrogen-bond donors (Lipinski definition) is 1. The highest BCUT2D eigenvalue weighted by molar-refractivity contribution is 7.91. The predicted octanol–water partition coefficient (Wildman–Crippen LogP) is 1.55. The number of anilines is 1. The van der Waals surface area contributed by atoms with Crippen molar-refractivity contribution in [2.45, 2.75) is 16.7 Å². The van der Waals surface area contributed by atoms with Crippen molar-refractivity contribution in [1.29, 1.82) is 0 Å². The second-order valence-corrected chi connectivity index (χ2v) is 10.2. The van der Waals surface area contributed by atoms with Crippen LogP contribution in [0.1, 0.15) is 17.3 Å². The van der Waals surface area contributed by atoms with Crippen LogP contribution in [0.2, 0.25) is 0 Å². The molecule has 28 heavy (non-hydrogen) atoms. The number of hydrogen-bond acceptors (Lipinski definition) is 6.